The Morgan fingerprint density at radius 3 is 2.71 bits per heavy atom. The second-order valence-electron chi connectivity index (χ2n) is 5.65. The van der Waals surface area contributed by atoms with Crippen molar-refractivity contribution in [1.29, 1.82) is 0 Å². The fraction of sp³-hybridized carbons (Fsp3) is 0.222. The minimum absolute atomic E-state index is 0.0452. The highest BCUT2D eigenvalue weighted by atomic mass is 19.1. The molecule has 0 bridgehead atoms. The third kappa shape index (κ3) is 2.99. The van der Waals surface area contributed by atoms with E-state index in [2.05, 4.69) is 0 Å². The highest BCUT2D eigenvalue weighted by Gasteiger charge is 2.31. The van der Waals surface area contributed by atoms with Gasteiger partial charge in [-0.1, -0.05) is 18.2 Å². The number of nitrogens with zero attached hydrogens (tertiary/aromatic N) is 1. The Hall–Kier alpha value is -2.76. The number of esters is 1. The lowest BCUT2D eigenvalue weighted by Crippen LogP contribution is -2.38. The van der Waals surface area contributed by atoms with Gasteiger partial charge in [-0.2, -0.15) is 0 Å². The maximum Gasteiger partial charge on any atom is 0.341 e. The average molecular weight is 331 g/mol. The minimum atomic E-state index is -1.02. The number of ether oxygens (including phenoxy) is 1. The standard InChI is InChI=1S/C18H15F2NO3/c1-11-8-12-4-2-3-5-16(12)21(11)17(22)10-24-18(23)14-7-6-13(19)9-15(14)20/h2-7,9,11H,8,10H2,1H3. The number of rotatable bonds is 3. The molecular weight excluding hydrogens is 316 g/mol. The van der Waals surface area contributed by atoms with Crippen molar-refractivity contribution in [2.24, 2.45) is 0 Å². The molecule has 4 nitrogen and oxygen atoms in total. The first-order valence-electron chi connectivity index (χ1n) is 7.49. The largest absolute Gasteiger partial charge is 0.452 e. The van der Waals surface area contributed by atoms with Crippen LogP contribution in [0.4, 0.5) is 14.5 Å². The molecule has 0 saturated heterocycles. The van der Waals surface area contributed by atoms with Gasteiger partial charge in [0.1, 0.15) is 11.6 Å². The Bertz CT molecular complexity index is 807. The zero-order chi connectivity index (χ0) is 17.3. The number of hydrogen-bond donors (Lipinski definition) is 0. The Morgan fingerprint density at radius 2 is 1.96 bits per heavy atom. The van der Waals surface area contributed by atoms with Gasteiger partial charge in [-0.15, -0.1) is 0 Å². The van der Waals surface area contributed by atoms with Crippen LogP contribution >= 0.6 is 0 Å². The highest BCUT2D eigenvalue weighted by Crippen LogP contribution is 2.31. The summed E-state index contributed by atoms with van der Waals surface area (Å²) in [6.07, 6.45) is 0.725. The molecule has 0 aliphatic carbocycles. The molecule has 0 N–H and O–H groups in total. The Morgan fingerprint density at radius 1 is 1.21 bits per heavy atom. The van der Waals surface area contributed by atoms with Gasteiger partial charge in [-0.05, 0) is 37.1 Å². The van der Waals surface area contributed by atoms with Gasteiger partial charge >= 0.3 is 5.97 Å². The zero-order valence-electron chi connectivity index (χ0n) is 13.0. The molecule has 0 fully saturated rings. The number of para-hydroxylation sites is 1. The quantitative estimate of drug-likeness (QED) is 0.812. The van der Waals surface area contributed by atoms with Gasteiger partial charge in [0.15, 0.2) is 6.61 Å². The van der Waals surface area contributed by atoms with Gasteiger partial charge in [0.05, 0.1) is 5.56 Å². The Balaban J connectivity index is 1.69. The van der Waals surface area contributed by atoms with E-state index >= 15 is 0 Å². The van der Waals surface area contributed by atoms with E-state index in [9.17, 15) is 18.4 Å². The molecule has 0 radical (unpaired) electrons. The molecule has 1 aliphatic rings. The molecule has 1 heterocycles. The number of anilines is 1. The minimum Gasteiger partial charge on any atom is -0.452 e. The topological polar surface area (TPSA) is 46.6 Å². The summed E-state index contributed by atoms with van der Waals surface area (Å²) in [4.78, 5) is 25.8. The number of fused-ring (bicyclic) bond motifs is 1. The van der Waals surface area contributed by atoms with Crippen LogP contribution in [0.25, 0.3) is 0 Å². The van der Waals surface area contributed by atoms with Crippen molar-refractivity contribution in [3.05, 3.63) is 65.2 Å². The fourth-order valence-electron chi connectivity index (χ4n) is 2.88. The van der Waals surface area contributed by atoms with Crippen molar-refractivity contribution in [2.45, 2.75) is 19.4 Å². The van der Waals surface area contributed by atoms with Crippen LogP contribution in [0, 0.1) is 11.6 Å². The van der Waals surface area contributed by atoms with E-state index in [1.54, 1.807) is 4.90 Å². The van der Waals surface area contributed by atoms with Gasteiger partial charge in [0.25, 0.3) is 5.91 Å². The predicted octanol–water partition coefficient (Wildman–Crippen LogP) is 3.10. The summed E-state index contributed by atoms with van der Waals surface area (Å²) in [6.45, 7) is 1.40. The van der Waals surface area contributed by atoms with E-state index in [4.69, 9.17) is 4.74 Å². The Labute approximate surface area is 137 Å². The Kier molecular flexibility index (Phi) is 4.29. The van der Waals surface area contributed by atoms with Crippen molar-refractivity contribution in [3.8, 4) is 0 Å². The molecule has 2 aromatic carbocycles. The van der Waals surface area contributed by atoms with E-state index in [0.717, 1.165) is 29.8 Å². The molecule has 2 aromatic rings. The van der Waals surface area contributed by atoms with Gasteiger partial charge in [0, 0.05) is 17.8 Å². The molecule has 1 unspecified atom stereocenters. The van der Waals surface area contributed by atoms with Crippen LogP contribution in [0.5, 0.6) is 0 Å². The maximum atomic E-state index is 13.5. The number of benzene rings is 2. The summed E-state index contributed by atoms with van der Waals surface area (Å²) in [7, 11) is 0. The van der Waals surface area contributed by atoms with E-state index in [-0.39, 0.29) is 11.9 Å². The number of halogens is 2. The molecule has 0 saturated carbocycles. The summed E-state index contributed by atoms with van der Waals surface area (Å²) < 4.78 is 31.3. The summed E-state index contributed by atoms with van der Waals surface area (Å²) in [5.41, 5.74) is 1.44. The van der Waals surface area contributed by atoms with E-state index < -0.39 is 29.8 Å². The van der Waals surface area contributed by atoms with Crippen LogP contribution < -0.4 is 4.90 Å². The van der Waals surface area contributed by atoms with Crippen LogP contribution in [0.1, 0.15) is 22.8 Å². The lowest BCUT2D eigenvalue weighted by atomic mass is 10.1. The molecule has 0 spiro atoms. The van der Waals surface area contributed by atoms with Crippen molar-refractivity contribution < 1.29 is 23.1 Å². The van der Waals surface area contributed by atoms with Crippen molar-refractivity contribution in [3.63, 3.8) is 0 Å². The normalized spacial score (nSPS) is 16.0. The lowest BCUT2D eigenvalue weighted by molar-refractivity contribution is -0.122. The lowest BCUT2D eigenvalue weighted by Gasteiger charge is -2.22. The van der Waals surface area contributed by atoms with Crippen molar-refractivity contribution >= 4 is 17.6 Å². The van der Waals surface area contributed by atoms with Crippen molar-refractivity contribution in [2.75, 3.05) is 11.5 Å². The van der Waals surface area contributed by atoms with Gasteiger partial charge < -0.3 is 9.64 Å². The zero-order valence-corrected chi connectivity index (χ0v) is 13.0. The number of carbonyl (C=O) groups excluding carboxylic acids is 2. The first-order chi connectivity index (χ1) is 11.5. The second kappa shape index (κ2) is 6.39. The predicted molar refractivity (Wildman–Crippen MR) is 83.7 cm³/mol. The molecule has 124 valence electrons. The molecule has 1 aliphatic heterocycles. The van der Waals surface area contributed by atoms with Crippen LogP contribution in [-0.4, -0.2) is 24.5 Å². The summed E-state index contributed by atoms with van der Waals surface area (Å²) in [6, 6.07) is 10.0. The molecule has 6 heteroatoms. The molecule has 1 atom stereocenters. The summed E-state index contributed by atoms with van der Waals surface area (Å²) >= 11 is 0. The second-order valence-corrected chi connectivity index (χ2v) is 5.65. The molecule has 0 aromatic heterocycles. The van der Waals surface area contributed by atoms with Crippen LogP contribution in [0.15, 0.2) is 42.5 Å². The summed E-state index contributed by atoms with van der Waals surface area (Å²) in [5, 5.41) is 0. The molecule has 24 heavy (non-hydrogen) atoms. The smallest absolute Gasteiger partial charge is 0.341 e. The van der Waals surface area contributed by atoms with E-state index in [1.165, 1.54) is 0 Å². The van der Waals surface area contributed by atoms with Gasteiger partial charge in [-0.3, -0.25) is 4.79 Å². The number of amides is 1. The third-order valence-electron chi connectivity index (χ3n) is 3.95. The number of carbonyl (C=O) groups is 2. The monoisotopic (exact) mass is 331 g/mol. The third-order valence-corrected chi connectivity index (χ3v) is 3.95. The number of hydrogen-bond acceptors (Lipinski definition) is 3. The highest BCUT2D eigenvalue weighted by molar-refractivity contribution is 5.99. The fourth-order valence-corrected chi connectivity index (χ4v) is 2.88. The summed E-state index contributed by atoms with van der Waals surface area (Å²) in [5.74, 6) is -3.20. The molecule has 3 rings (SSSR count). The maximum absolute atomic E-state index is 13.5. The van der Waals surface area contributed by atoms with Gasteiger partial charge in [0.2, 0.25) is 0 Å². The first kappa shape index (κ1) is 16.1. The van der Waals surface area contributed by atoms with E-state index in [0.29, 0.717) is 6.07 Å². The SMILES string of the molecule is CC1Cc2ccccc2N1C(=O)COC(=O)c1ccc(F)cc1F. The van der Waals surface area contributed by atoms with E-state index in [1.807, 2.05) is 31.2 Å². The van der Waals surface area contributed by atoms with Crippen LogP contribution in [0.3, 0.4) is 0 Å². The van der Waals surface area contributed by atoms with Crippen LogP contribution in [-0.2, 0) is 16.0 Å². The van der Waals surface area contributed by atoms with Gasteiger partial charge in [-0.25, -0.2) is 13.6 Å². The molecule has 1 amide bonds. The average Bonchev–Trinajstić information content (AvgIpc) is 2.88. The van der Waals surface area contributed by atoms with Crippen molar-refractivity contribution in [1.82, 2.24) is 0 Å². The molecular formula is C18H15F2NO3. The van der Waals surface area contributed by atoms with Crippen LogP contribution in [0.2, 0.25) is 0 Å². The first-order valence-corrected chi connectivity index (χ1v) is 7.49.